The van der Waals surface area contributed by atoms with Crippen LogP contribution in [0.2, 0.25) is 0 Å². The van der Waals surface area contributed by atoms with Crippen LogP contribution in [0.3, 0.4) is 0 Å². The molecule has 0 aliphatic carbocycles. The summed E-state index contributed by atoms with van der Waals surface area (Å²) in [6.45, 7) is 6.08. The molecule has 17 heavy (non-hydrogen) atoms. The van der Waals surface area contributed by atoms with Gasteiger partial charge in [-0.25, -0.2) is 4.39 Å². The van der Waals surface area contributed by atoms with Crippen molar-refractivity contribution in [1.29, 1.82) is 5.26 Å². The Bertz CT molecular complexity index is 460. The Morgan fingerprint density at radius 2 is 2.24 bits per heavy atom. The van der Waals surface area contributed by atoms with Gasteiger partial charge in [-0.2, -0.15) is 5.26 Å². The molecule has 2 nitrogen and oxygen atoms in total. The second-order valence-corrected chi connectivity index (χ2v) is 5.25. The third kappa shape index (κ3) is 2.48. The summed E-state index contributed by atoms with van der Waals surface area (Å²) in [4.78, 5) is 2.32. The van der Waals surface area contributed by atoms with Gasteiger partial charge in [0.05, 0.1) is 11.6 Å². The first kappa shape index (κ1) is 12.1. The summed E-state index contributed by atoms with van der Waals surface area (Å²) in [6.07, 6.45) is 2.33. The van der Waals surface area contributed by atoms with Gasteiger partial charge in [0.15, 0.2) is 0 Å². The van der Waals surface area contributed by atoms with Crippen LogP contribution in [0, 0.1) is 17.1 Å². The maximum atomic E-state index is 13.2. The zero-order valence-electron chi connectivity index (χ0n) is 10.3. The molecule has 0 spiro atoms. The van der Waals surface area contributed by atoms with E-state index in [1.807, 2.05) is 0 Å². The molecule has 1 heterocycles. The Labute approximate surface area is 102 Å². The number of hydrogen-bond donors (Lipinski definition) is 0. The molecule has 2 rings (SSSR count). The maximum absolute atomic E-state index is 13.2. The fourth-order valence-corrected chi connectivity index (χ4v) is 2.46. The van der Waals surface area contributed by atoms with Crippen LogP contribution in [-0.2, 0) is 6.54 Å². The largest absolute Gasteiger partial charge is 0.294 e. The zero-order valence-corrected chi connectivity index (χ0v) is 10.3. The van der Waals surface area contributed by atoms with Gasteiger partial charge in [0.2, 0.25) is 0 Å². The van der Waals surface area contributed by atoms with Crippen molar-refractivity contribution in [2.45, 2.75) is 38.8 Å². The molecule has 0 amide bonds. The minimum Gasteiger partial charge on any atom is -0.294 e. The van der Waals surface area contributed by atoms with Gasteiger partial charge in [-0.1, -0.05) is 0 Å². The molecular weight excluding hydrogens is 215 g/mol. The van der Waals surface area contributed by atoms with Crippen molar-refractivity contribution >= 4 is 0 Å². The van der Waals surface area contributed by atoms with Gasteiger partial charge < -0.3 is 0 Å². The molecule has 1 aliphatic rings. The van der Waals surface area contributed by atoms with Gasteiger partial charge in [0.25, 0.3) is 0 Å². The van der Waals surface area contributed by atoms with E-state index in [0.717, 1.165) is 18.5 Å². The number of nitriles is 1. The molecule has 1 aliphatic heterocycles. The lowest BCUT2D eigenvalue weighted by molar-refractivity contribution is 0.166. The van der Waals surface area contributed by atoms with Crippen LogP contribution in [0.4, 0.5) is 4.39 Å². The van der Waals surface area contributed by atoms with E-state index in [0.29, 0.717) is 12.1 Å². The number of nitrogens with zero attached hydrogens (tertiary/aromatic N) is 2. The van der Waals surface area contributed by atoms with Gasteiger partial charge in [-0.05, 0) is 57.0 Å². The smallest absolute Gasteiger partial charge is 0.123 e. The molecule has 3 heteroatoms. The summed E-state index contributed by atoms with van der Waals surface area (Å²) in [7, 11) is 0. The van der Waals surface area contributed by atoms with Crippen LogP contribution >= 0.6 is 0 Å². The van der Waals surface area contributed by atoms with E-state index in [1.54, 1.807) is 6.07 Å². The molecule has 1 aromatic carbocycles. The van der Waals surface area contributed by atoms with Gasteiger partial charge in [0.1, 0.15) is 5.82 Å². The highest BCUT2D eigenvalue weighted by Crippen LogP contribution is 2.30. The topological polar surface area (TPSA) is 27.0 Å². The Hall–Kier alpha value is -1.40. The first-order chi connectivity index (χ1) is 8.03. The van der Waals surface area contributed by atoms with Gasteiger partial charge in [-0.15, -0.1) is 0 Å². The van der Waals surface area contributed by atoms with Crippen LogP contribution < -0.4 is 0 Å². The fraction of sp³-hybridized carbons (Fsp3) is 0.500. The standard InChI is InChI=1S/C14H17FN2/c1-14(2)6-3-7-17(14)10-12-8-13(15)5-4-11(12)9-16/h4-5,8H,3,6-7,10H2,1-2H3. The maximum Gasteiger partial charge on any atom is 0.123 e. The third-order valence-corrected chi connectivity index (χ3v) is 3.62. The van der Waals surface area contributed by atoms with E-state index in [9.17, 15) is 4.39 Å². The molecule has 1 fully saturated rings. The Kier molecular flexibility index (Phi) is 3.17. The van der Waals surface area contributed by atoms with Crippen molar-refractivity contribution in [3.05, 3.63) is 35.1 Å². The van der Waals surface area contributed by atoms with Crippen molar-refractivity contribution in [2.75, 3.05) is 6.54 Å². The summed E-state index contributed by atoms with van der Waals surface area (Å²) in [5, 5.41) is 9.02. The number of hydrogen-bond acceptors (Lipinski definition) is 2. The molecule has 0 radical (unpaired) electrons. The molecule has 0 unspecified atom stereocenters. The predicted molar refractivity (Wildman–Crippen MR) is 64.8 cm³/mol. The number of halogens is 1. The highest BCUT2D eigenvalue weighted by molar-refractivity contribution is 5.37. The van der Waals surface area contributed by atoms with E-state index in [2.05, 4.69) is 24.8 Å². The minimum absolute atomic E-state index is 0.152. The first-order valence-corrected chi connectivity index (χ1v) is 5.96. The molecule has 0 bridgehead atoms. The second-order valence-electron chi connectivity index (χ2n) is 5.25. The van der Waals surface area contributed by atoms with Crippen LogP contribution in [-0.4, -0.2) is 17.0 Å². The lowest BCUT2D eigenvalue weighted by Crippen LogP contribution is -2.37. The molecule has 0 N–H and O–H groups in total. The minimum atomic E-state index is -0.268. The summed E-state index contributed by atoms with van der Waals surface area (Å²) in [5.41, 5.74) is 1.52. The molecule has 1 aromatic rings. The molecular formula is C14H17FN2. The van der Waals surface area contributed by atoms with Gasteiger partial charge in [0, 0.05) is 12.1 Å². The Balaban J connectivity index is 2.24. The molecule has 0 aromatic heterocycles. The van der Waals surface area contributed by atoms with Crippen molar-refractivity contribution in [3.8, 4) is 6.07 Å². The highest BCUT2D eigenvalue weighted by Gasteiger charge is 2.31. The van der Waals surface area contributed by atoms with E-state index >= 15 is 0 Å². The van der Waals surface area contributed by atoms with Crippen molar-refractivity contribution in [1.82, 2.24) is 4.90 Å². The van der Waals surface area contributed by atoms with Gasteiger partial charge in [-0.3, -0.25) is 4.90 Å². The Morgan fingerprint density at radius 3 is 2.82 bits per heavy atom. The molecule has 0 atom stereocenters. The fourth-order valence-electron chi connectivity index (χ4n) is 2.46. The van der Waals surface area contributed by atoms with E-state index in [-0.39, 0.29) is 11.4 Å². The van der Waals surface area contributed by atoms with E-state index < -0.39 is 0 Å². The number of benzene rings is 1. The van der Waals surface area contributed by atoms with E-state index in [1.165, 1.54) is 18.6 Å². The normalized spacial score (nSPS) is 19.2. The van der Waals surface area contributed by atoms with Crippen LogP contribution in [0.5, 0.6) is 0 Å². The van der Waals surface area contributed by atoms with Crippen molar-refractivity contribution < 1.29 is 4.39 Å². The summed E-state index contributed by atoms with van der Waals surface area (Å²) >= 11 is 0. The second kappa shape index (κ2) is 4.46. The highest BCUT2D eigenvalue weighted by atomic mass is 19.1. The monoisotopic (exact) mass is 232 g/mol. The van der Waals surface area contributed by atoms with E-state index in [4.69, 9.17) is 5.26 Å². The molecule has 1 saturated heterocycles. The average molecular weight is 232 g/mol. The summed E-state index contributed by atoms with van der Waals surface area (Å²) in [6, 6.07) is 6.52. The summed E-state index contributed by atoms with van der Waals surface area (Å²) in [5.74, 6) is -0.268. The molecule has 90 valence electrons. The lowest BCUT2D eigenvalue weighted by Gasteiger charge is -2.31. The quantitative estimate of drug-likeness (QED) is 0.783. The zero-order chi connectivity index (χ0) is 12.5. The first-order valence-electron chi connectivity index (χ1n) is 5.96. The summed E-state index contributed by atoms with van der Waals surface area (Å²) < 4.78 is 13.2. The lowest BCUT2D eigenvalue weighted by atomic mass is 10.0. The van der Waals surface area contributed by atoms with Crippen molar-refractivity contribution in [2.24, 2.45) is 0 Å². The number of rotatable bonds is 2. The van der Waals surface area contributed by atoms with Crippen LogP contribution in [0.1, 0.15) is 37.8 Å². The SMILES string of the molecule is CC1(C)CCCN1Cc1cc(F)ccc1C#N. The number of likely N-dealkylation sites (tertiary alicyclic amines) is 1. The third-order valence-electron chi connectivity index (χ3n) is 3.62. The van der Waals surface area contributed by atoms with Crippen molar-refractivity contribution in [3.63, 3.8) is 0 Å². The van der Waals surface area contributed by atoms with Crippen LogP contribution in [0.25, 0.3) is 0 Å². The Morgan fingerprint density at radius 1 is 1.47 bits per heavy atom. The molecule has 0 saturated carbocycles. The predicted octanol–water partition coefficient (Wildman–Crippen LogP) is 3.07. The average Bonchev–Trinajstić information content (AvgIpc) is 2.59. The van der Waals surface area contributed by atoms with Crippen LogP contribution in [0.15, 0.2) is 18.2 Å². The van der Waals surface area contributed by atoms with Gasteiger partial charge >= 0.3 is 0 Å².